The Morgan fingerprint density at radius 3 is 2.53 bits per heavy atom. The Morgan fingerprint density at radius 1 is 1.53 bits per heavy atom. The van der Waals surface area contributed by atoms with Gasteiger partial charge in [0.1, 0.15) is 6.04 Å². The van der Waals surface area contributed by atoms with Crippen molar-refractivity contribution in [3.05, 3.63) is 11.9 Å². The molecule has 0 aliphatic heterocycles. The summed E-state index contributed by atoms with van der Waals surface area (Å²) in [5.41, 5.74) is 9.74. The van der Waals surface area contributed by atoms with Crippen molar-refractivity contribution in [3.63, 3.8) is 0 Å². The summed E-state index contributed by atoms with van der Waals surface area (Å²) in [5, 5.41) is 14.2. The van der Waals surface area contributed by atoms with E-state index in [0.29, 0.717) is 0 Å². The lowest BCUT2D eigenvalue weighted by Crippen LogP contribution is -2.39. The van der Waals surface area contributed by atoms with Crippen molar-refractivity contribution in [2.45, 2.75) is 13.0 Å². The van der Waals surface area contributed by atoms with E-state index in [1.807, 2.05) is 5.32 Å². The molecular formula is C8H11N5O4. The van der Waals surface area contributed by atoms with Gasteiger partial charge >= 0.3 is 12.0 Å². The average molecular weight is 241 g/mol. The van der Waals surface area contributed by atoms with E-state index in [9.17, 15) is 14.4 Å². The van der Waals surface area contributed by atoms with Crippen LogP contribution in [0, 0.1) is 0 Å². The van der Waals surface area contributed by atoms with E-state index in [4.69, 9.17) is 16.6 Å². The molecule has 1 heterocycles. The first-order valence-corrected chi connectivity index (χ1v) is 4.51. The molecule has 1 atom stereocenters. The van der Waals surface area contributed by atoms with Crippen LogP contribution in [0.1, 0.15) is 23.5 Å². The maximum atomic E-state index is 11.4. The zero-order chi connectivity index (χ0) is 13.2. The SMILES string of the molecule is CC(C(=O)NC(N)=O)n1cc(N)c(C(=O)O)n1. The third kappa shape index (κ3) is 2.71. The molecular weight excluding hydrogens is 230 g/mol. The summed E-state index contributed by atoms with van der Waals surface area (Å²) in [5.74, 6) is -2.01. The van der Waals surface area contributed by atoms with E-state index < -0.39 is 23.9 Å². The topological polar surface area (TPSA) is 153 Å². The van der Waals surface area contributed by atoms with Crippen molar-refractivity contribution >= 4 is 23.6 Å². The fourth-order valence-electron chi connectivity index (χ4n) is 1.12. The first-order valence-electron chi connectivity index (χ1n) is 4.51. The number of nitrogens with zero attached hydrogens (tertiary/aromatic N) is 2. The largest absolute Gasteiger partial charge is 0.476 e. The Kier molecular flexibility index (Phi) is 3.31. The summed E-state index contributed by atoms with van der Waals surface area (Å²) < 4.78 is 1.04. The number of anilines is 1. The standard InChI is InChI=1S/C8H11N5O4/c1-3(6(14)11-8(10)17)13-2-4(9)5(12-13)7(15)16/h2-3H,9H2,1H3,(H,15,16)(H3,10,11,14,17). The van der Waals surface area contributed by atoms with Crippen LogP contribution in [0.25, 0.3) is 0 Å². The van der Waals surface area contributed by atoms with E-state index in [1.54, 1.807) is 0 Å². The third-order valence-electron chi connectivity index (χ3n) is 1.99. The molecule has 0 radical (unpaired) electrons. The highest BCUT2D eigenvalue weighted by atomic mass is 16.4. The summed E-state index contributed by atoms with van der Waals surface area (Å²) in [4.78, 5) is 32.5. The number of carbonyl (C=O) groups is 3. The molecule has 9 nitrogen and oxygen atoms in total. The molecule has 0 fully saturated rings. The van der Waals surface area contributed by atoms with Gasteiger partial charge in [0.25, 0.3) is 5.91 Å². The molecule has 6 N–H and O–H groups in total. The van der Waals surface area contributed by atoms with Crippen molar-refractivity contribution in [3.8, 4) is 0 Å². The number of carboxylic acid groups (broad SMARTS) is 1. The zero-order valence-electron chi connectivity index (χ0n) is 8.88. The summed E-state index contributed by atoms with van der Waals surface area (Å²) in [6.45, 7) is 1.41. The monoisotopic (exact) mass is 241 g/mol. The highest BCUT2D eigenvalue weighted by Crippen LogP contribution is 2.13. The molecule has 3 amide bonds. The molecule has 0 saturated carbocycles. The second-order valence-electron chi connectivity index (χ2n) is 3.25. The molecule has 0 saturated heterocycles. The van der Waals surface area contributed by atoms with Crippen LogP contribution in [0.15, 0.2) is 6.20 Å². The molecule has 92 valence electrons. The predicted octanol–water partition coefficient (Wildman–Crippen LogP) is -1.08. The number of rotatable bonds is 3. The van der Waals surface area contributed by atoms with Crippen LogP contribution in [0.2, 0.25) is 0 Å². The molecule has 0 aromatic carbocycles. The number of urea groups is 1. The molecule has 0 aliphatic rings. The van der Waals surface area contributed by atoms with Gasteiger partial charge in [-0.25, -0.2) is 9.59 Å². The Hall–Kier alpha value is -2.58. The molecule has 0 spiro atoms. The van der Waals surface area contributed by atoms with Crippen LogP contribution < -0.4 is 16.8 Å². The van der Waals surface area contributed by atoms with E-state index in [2.05, 4.69) is 5.10 Å². The van der Waals surface area contributed by atoms with Gasteiger partial charge in [-0.05, 0) is 6.92 Å². The minimum absolute atomic E-state index is 0.0729. The van der Waals surface area contributed by atoms with Gasteiger partial charge in [0.2, 0.25) is 0 Å². The molecule has 1 rings (SSSR count). The molecule has 0 aliphatic carbocycles. The van der Waals surface area contributed by atoms with E-state index in [1.165, 1.54) is 13.1 Å². The number of hydrogen-bond acceptors (Lipinski definition) is 5. The second kappa shape index (κ2) is 4.51. The average Bonchev–Trinajstić information content (AvgIpc) is 2.58. The van der Waals surface area contributed by atoms with Crippen LogP contribution in [0.5, 0.6) is 0 Å². The Balaban J connectivity index is 2.93. The smallest absolute Gasteiger partial charge is 0.358 e. The van der Waals surface area contributed by atoms with E-state index in [-0.39, 0.29) is 11.4 Å². The van der Waals surface area contributed by atoms with Crippen molar-refractivity contribution in [1.82, 2.24) is 15.1 Å². The van der Waals surface area contributed by atoms with Crippen LogP contribution >= 0.6 is 0 Å². The maximum Gasteiger partial charge on any atom is 0.358 e. The minimum Gasteiger partial charge on any atom is -0.476 e. The lowest BCUT2D eigenvalue weighted by Gasteiger charge is -2.09. The number of aromatic carboxylic acids is 1. The molecule has 0 bridgehead atoms. The number of nitrogens with one attached hydrogen (secondary N) is 1. The minimum atomic E-state index is -1.30. The molecule has 17 heavy (non-hydrogen) atoms. The van der Waals surface area contributed by atoms with Gasteiger partial charge in [0.15, 0.2) is 5.69 Å². The van der Waals surface area contributed by atoms with Gasteiger partial charge in [-0.15, -0.1) is 0 Å². The number of carboxylic acids is 1. The second-order valence-corrected chi connectivity index (χ2v) is 3.25. The van der Waals surface area contributed by atoms with Crippen LogP contribution in [0.4, 0.5) is 10.5 Å². The summed E-state index contributed by atoms with van der Waals surface area (Å²) >= 11 is 0. The quantitative estimate of drug-likeness (QED) is 0.527. The number of aromatic nitrogens is 2. The third-order valence-corrected chi connectivity index (χ3v) is 1.99. The maximum absolute atomic E-state index is 11.4. The molecule has 1 unspecified atom stereocenters. The highest BCUT2D eigenvalue weighted by Gasteiger charge is 2.21. The van der Waals surface area contributed by atoms with Crippen molar-refractivity contribution in [2.24, 2.45) is 5.73 Å². The van der Waals surface area contributed by atoms with Crippen molar-refractivity contribution in [1.29, 1.82) is 0 Å². The van der Waals surface area contributed by atoms with E-state index in [0.717, 1.165) is 4.68 Å². The first-order chi connectivity index (χ1) is 7.82. The lowest BCUT2D eigenvalue weighted by molar-refractivity contribution is -0.122. The fraction of sp³-hybridized carbons (Fsp3) is 0.250. The molecule has 1 aromatic rings. The Labute approximate surface area is 95.4 Å². The number of nitrogens with two attached hydrogens (primary N) is 2. The number of primary amides is 1. The molecule has 1 aromatic heterocycles. The molecule has 9 heteroatoms. The number of hydrogen-bond donors (Lipinski definition) is 4. The van der Waals surface area contributed by atoms with Crippen molar-refractivity contribution in [2.75, 3.05) is 5.73 Å². The zero-order valence-corrected chi connectivity index (χ0v) is 8.88. The fourth-order valence-corrected chi connectivity index (χ4v) is 1.12. The van der Waals surface area contributed by atoms with Gasteiger partial charge in [-0.1, -0.05) is 0 Å². The van der Waals surface area contributed by atoms with Crippen LogP contribution in [-0.2, 0) is 4.79 Å². The number of imide groups is 1. The summed E-state index contributed by atoms with van der Waals surface area (Å²) in [6.07, 6.45) is 1.19. The van der Waals surface area contributed by atoms with Gasteiger partial charge in [-0.3, -0.25) is 14.8 Å². The normalized spacial score (nSPS) is 11.8. The number of carbonyl (C=O) groups excluding carboxylic acids is 2. The first kappa shape index (κ1) is 12.5. The number of amides is 3. The summed E-state index contributed by atoms with van der Waals surface area (Å²) in [6, 6.07) is -1.90. The Bertz CT molecular complexity index is 480. The van der Waals surface area contributed by atoms with Gasteiger partial charge in [-0.2, -0.15) is 5.10 Å². The van der Waals surface area contributed by atoms with Crippen LogP contribution in [0.3, 0.4) is 0 Å². The Morgan fingerprint density at radius 2 is 2.12 bits per heavy atom. The number of nitrogen functional groups attached to an aromatic ring is 1. The van der Waals surface area contributed by atoms with Gasteiger partial charge in [0.05, 0.1) is 5.69 Å². The van der Waals surface area contributed by atoms with Crippen LogP contribution in [-0.4, -0.2) is 32.8 Å². The van der Waals surface area contributed by atoms with Crippen molar-refractivity contribution < 1.29 is 19.5 Å². The van der Waals surface area contributed by atoms with Gasteiger partial charge in [0, 0.05) is 6.20 Å². The lowest BCUT2D eigenvalue weighted by atomic mass is 10.3. The van der Waals surface area contributed by atoms with E-state index >= 15 is 0 Å². The highest BCUT2D eigenvalue weighted by molar-refractivity contribution is 5.95. The summed E-state index contributed by atoms with van der Waals surface area (Å²) in [7, 11) is 0. The van der Waals surface area contributed by atoms with Gasteiger partial charge < -0.3 is 16.6 Å². The predicted molar refractivity (Wildman–Crippen MR) is 56.0 cm³/mol.